The number of hydrogen-bond acceptors (Lipinski definition) is 7. The van der Waals surface area contributed by atoms with Gasteiger partial charge in [-0.2, -0.15) is 0 Å². The van der Waals surface area contributed by atoms with Gasteiger partial charge in [-0.05, 0) is 39.5 Å². The smallest absolute Gasteiger partial charge is 0.334 e. The summed E-state index contributed by atoms with van der Waals surface area (Å²) in [5, 5.41) is 8.48. The van der Waals surface area contributed by atoms with Crippen molar-refractivity contribution in [3.05, 3.63) is 0 Å². The van der Waals surface area contributed by atoms with Gasteiger partial charge in [0.25, 0.3) is 0 Å². The van der Waals surface area contributed by atoms with Crippen LogP contribution in [0.4, 0.5) is 0 Å². The largest absolute Gasteiger partial charge is 0.466 e. The van der Waals surface area contributed by atoms with Crippen LogP contribution in [-0.4, -0.2) is 48.9 Å². The predicted molar refractivity (Wildman–Crippen MR) is 117 cm³/mol. The fourth-order valence-electron chi connectivity index (χ4n) is 2.31. The molecular weight excluding hydrogens is 388 g/mol. The van der Waals surface area contributed by atoms with Crippen LogP contribution in [0.15, 0.2) is 0 Å². The maximum absolute atomic E-state index is 11.4. The van der Waals surface area contributed by atoms with E-state index in [1.807, 2.05) is 0 Å². The number of unbranched alkanes of at least 4 members (excludes halogenated alkanes) is 7. The Kier molecular flexibility index (Phi) is 24.1. The fourth-order valence-corrected chi connectivity index (χ4v) is 2.31. The van der Waals surface area contributed by atoms with Gasteiger partial charge in [-0.25, -0.2) is 4.79 Å². The SMILES string of the molecule is CCCCOC(=O)CCCCCCCCC(=O)OCCCC.CCOC(=O)C(C)O. The number of carbonyl (C=O) groups is 3. The quantitative estimate of drug-likeness (QED) is 0.202. The molecule has 0 bridgehead atoms. The molecule has 0 amide bonds. The first-order chi connectivity index (χ1) is 14.4. The first-order valence-electron chi connectivity index (χ1n) is 11.5. The lowest BCUT2D eigenvalue weighted by Gasteiger charge is -2.05. The molecule has 0 rings (SSSR count). The lowest BCUT2D eigenvalue weighted by molar-refractivity contribution is -0.152. The Morgan fingerprint density at radius 2 is 1.07 bits per heavy atom. The Balaban J connectivity index is 0. The van der Waals surface area contributed by atoms with Crippen LogP contribution >= 0.6 is 0 Å². The molecule has 0 saturated carbocycles. The number of aliphatic hydroxyl groups excluding tert-OH is 1. The van der Waals surface area contributed by atoms with Crippen LogP contribution in [0.2, 0.25) is 0 Å². The zero-order valence-corrected chi connectivity index (χ0v) is 19.6. The second-order valence-electron chi connectivity index (χ2n) is 7.20. The summed E-state index contributed by atoms with van der Waals surface area (Å²) in [4.78, 5) is 33.0. The summed E-state index contributed by atoms with van der Waals surface area (Å²) < 4.78 is 14.6. The predicted octanol–water partition coefficient (Wildman–Crippen LogP) is 4.72. The van der Waals surface area contributed by atoms with E-state index in [0.717, 1.165) is 64.2 Å². The van der Waals surface area contributed by atoms with Crippen LogP contribution in [0.1, 0.15) is 105 Å². The van der Waals surface area contributed by atoms with Crippen molar-refractivity contribution in [2.75, 3.05) is 19.8 Å². The van der Waals surface area contributed by atoms with Gasteiger partial charge in [0.2, 0.25) is 0 Å². The molecule has 0 aromatic carbocycles. The van der Waals surface area contributed by atoms with Gasteiger partial charge in [-0.15, -0.1) is 0 Å². The number of hydrogen-bond donors (Lipinski definition) is 1. The molecule has 0 aromatic rings. The van der Waals surface area contributed by atoms with Crippen molar-refractivity contribution < 1.29 is 33.7 Å². The number of ether oxygens (including phenoxy) is 3. The molecule has 0 fully saturated rings. The highest BCUT2D eigenvalue weighted by Gasteiger charge is 2.07. The average molecular weight is 433 g/mol. The molecule has 0 spiro atoms. The van der Waals surface area contributed by atoms with Gasteiger partial charge < -0.3 is 19.3 Å². The molecule has 0 aliphatic heterocycles. The normalized spacial score (nSPS) is 11.1. The molecule has 0 radical (unpaired) electrons. The number of aliphatic hydroxyl groups is 1. The van der Waals surface area contributed by atoms with E-state index in [9.17, 15) is 14.4 Å². The van der Waals surface area contributed by atoms with Gasteiger partial charge in [0.05, 0.1) is 19.8 Å². The van der Waals surface area contributed by atoms with Gasteiger partial charge in [-0.1, -0.05) is 52.4 Å². The molecule has 7 nitrogen and oxygen atoms in total. The van der Waals surface area contributed by atoms with Gasteiger partial charge >= 0.3 is 17.9 Å². The standard InChI is InChI=1S/C18H34O4.C5H10O3/c1-3-5-15-21-17(19)13-11-9-7-8-10-12-14-18(20)22-16-6-4-2;1-3-8-5(7)4(2)6/h3-16H2,1-2H3;4,6H,3H2,1-2H3. The van der Waals surface area contributed by atoms with Crippen molar-refractivity contribution in [3.8, 4) is 0 Å². The minimum absolute atomic E-state index is 0.0664. The summed E-state index contributed by atoms with van der Waals surface area (Å²) >= 11 is 0. The summed E-state index contributed by atoms with van der Waals surface area (Å²) in [6, 6.07) is 0. The molecule has 0 heterocycles. The number of esters is 3. The summed E-state index contributed by atoms with van der Waals surface area (Å²) in [5.74, 6) is -0.695. The molecule has 0 aromatic heterocycles. The number of carbonyl (C=O) groups excluding carboxylic acids is 3. The first-order valence-corrected chi connectivity index (χ1v) is 11.5. The third-order valence-corrected chi connectivity index (χ3v) is 4.16. The van der Waals surface area contributed by atoms with Crippen molar-refractivity contribution in [1.82, 2.24) is 0 Å². The van der Waals surface area contributed by atoms with Gasteiger partial charge in [0, 0.05) is 12.8 Å². The van der Waals surface area contributed by atoms with Crippen molar-refractivity contribution in [1.29, 1.82) is 0 Å². The Hall–Kier alpha value is -1.63. The van der Waals surface area contributed by atoms with Gasteiger partial charge in [-0.3, -0.25) is 9.59 Å². The van der Waals surface area contributed by atoms with Crippen LogP contribution in [0.5, 0.6) is 0 Å². The minimum Gasteiger partial charge on any atom is -0.466 e. The Morgan fingerprint density at radius 1 is 0.667 bits per heavy atom. The maximum atomic E-state index is 11.4. The van der Waals surface area contributed by atoms with E-state index in [0.29, 0.717) is 32.7 Å². The van der Waals surface area contributed by atoms with Crippen LogP contribution in [0.25, 0.3) is 0 Å². The molecular formula is C23H44O7. The molecule has 178 valence electrons. The van der Waals surface area contributed by atoms with E-state index in [1.54, 1.807) is 6.92 Å². The molecule has 1 atom stereocenters. The van der Waals surface area contributed by atoms with Crippen LogP contribution < -0.4 is 0 Å². The highest BCUT2D eigenvalue weighted by molar-refractivity contribution is 5.73. The zero-order chi connectivity index (χ0) is 23.0. The van der Waals surface area contributed by atoms with E-state index in [1.165, 1.54) is 6.92 Å². The molecule has 0 aliphatic carbocycles. The van der Waals surface area contributed by atoms with E-state index >= 15 is 0 Å². The van der Waals surface area contributed by atoms with Gasteiger partial charge in [0.15, 0.2) is 0 Å². The summed E-state index contributed by atoms with van der Waals surface area (Å²) in [7, 11) is 0. The zero-order valence-electron chi connectivity index (χ0n) is 19.6. The molecule has 1 unspecified atom stereocenters. The second-order valence-corrected chi connectivity index (χ2v) is 7.20. The first kappa shape index (κ1) is 30.6. The number of rotatable bonds is 17. The van der Waals surface area contributed by atoms with Crippen molar-refractivity contribution in [3.63, 3.8) is 0 Å². The fraction of sp³-hybridized carbons (Fsp3) is 0.870. The lowest BCUT2D eigenvalue weighted by atomic mass is 10.1. The summed E-state index contributed by atoms with van der Waals surface area (Å²) in [6.45, 7) is 8.67. The van der Waals surface area contributed by atoms with Crippen LogP contribution in [-0.2, 0) is 28.6 Å². The summed E-state index contributed by atoms with van der Waals surface area (Å²) in [5.41, 5.74) is 0. The van der Waals surface area contributed by atoms with Crippen LogP contribution in [0, 0.1) is 0 Å². The third-order valence-electron chi connectivity index (χ3n) is 4.16. The average Bonchev–Trinajstić information content (AvgIpc) is 2.71. The highest BCUT2D eigenvalue weighted by Crippen LogP contribution is 2.10. The summed E-state index contributed by atoms with van der Waals surface area (Å²) in [6.07, 6.45) is 10.3. The Bertz CT molecular complexity index is 394. The maximum Gasteiger partial charge on any atom is 0.334 e. The Labute approximate surface area is 182 Å². The second kappa shape index (κ2) is 23.6. The Morgan fingerprint density at radius 3 is 1.37 bits per heavy atom. The van der Waals surface area contributed by atoms with Gasteiger partial charge in [0.1, 0.15) is 6.10 Å². The van der Waals surface area contributed by atoms with E-state index in [2.05, 4.69) is 18.6 Å². The highest BCUT2D eigenvalue weighted by atomic mass is 16.5. The third kappa shape index (κ3) is 24.4. The van der Waals surface area contributed by atoms with Crippen LogP contribution in [0.3, 0.4) is 0 Å². The van der Waals surface area contributed by atoms with Crippen molar-refractivity contribution >= 4 is 17.9 Å². The van der Waals surface area contributed by atoms with E-state index in [-0.39, 0.29) is 11.9 Å². The molecule has 7 heteroatoms. The molecule has 1 N–H and O–H groups in total. The topological polar surface area (TPSA) is 99.1 Å². The molecule has 0 aliphatic rings. The van der Waals surface area contributed by atoms with Crippen molar-refractivity contribution in [2.24, 2.45) is 0 Å². The van der Waals surface area contributed by atoms with E-state index in [4.69, 9.17) is 14.6 Å². The molecule has 0 saturated heterocycles. The lowest BCUT2D eigenvalue weighted by Crippen LogP contribution is -2.18. The monoisotopic (exact) mass is 432 g/mol. The van der Waals surface area contributed by atoms with E-state index < -0.39 is 12.1 Å². The van der Waals surface area contributed by atoms with Crippen molar-refractivity contribution in [2.45, 2.75) is 111 Å². The molecule has 30 heavy (non-hydrogen) atoms. The minimum atomic E-state index is -0.991.